The van der Waals surface area contributed by atoms with Crippen molar-refractivity contribution in [2.75, 3.05) is 5.32 Å². The van der Waals surface area contributed by atoms with Gasteiger partial charge in [-0.05, 0) is 54.1 Å². The molecule has 4 nitrogen and oxygen atoms in total. The summed E-state index contributed by atoms with van der Waals surface area (Å²) >= 11 is 2.22. The summed E-state index contributed by atoms with van der Waals surface area (Å²) in [7, 11) is 0. The minimum atomic E-state index is -0.569. The predicted octanol–water partition coefficient (Wildman–Crippen LogP) is 3.09. The zero-order valence-corrected chi connectivity index (χ0v) is 14.7. The first-order valence-corrected chi connectivity index (χ1v) is 7.57. The van der Waals surface area contributed by atoms with Crippen LogP contribution in [-0.4, -0.2) is 17.9 Å². The lowest BCUT2D eigenvalue weighted by molar-refractivity contribution is -0.131. The first-order valence-electron chi connectivity index (χ1n) is 6.49. The summed E-state index contributed by atoms with van der Waals surface area (Å²) in [6.45, 7) is 9.14. The minimum absolute atomic E-state index is 0.140. The summed E-state index contributed by atoms with van der Waals surface area (Å²) in [5, 5.41) is 5.52. The molecule has 0 aliphatic carbocycles. The van der Waals surface area contributed by atoms with Crippen molar-refractivity contribution in [1.29, 1.82) is 0 Å². The van der Waals surface area contributed by atoms with Gasteiger partial charge in [0.2, 0.25) is 11.8 Å². The van der Waals surface area contributed by atoms with Crippen molar-refractivity contribution in [2.45, 2.75) is 40.7 Å². The molecule has 0 bridgehead atoms. The number of aryl methyl sites for hydroxylation is 1. The van der Waals surface area contributed by atoms with Crippen LogP contribution in [0, 0.1) is 15.9 Å². The fourth-order valence-electron chi connectivity index (χ4n) is 1.40. The Morgan fingerprint density at radius 3 is 2.35 bits per heavy atom. The Kier molecular flexibility index (Phi) is 5.56. The second kappa shape index (κ2) is 6.56. The van der Waals surface area contributed by atoms with E-state index in [1.165, 1.54) is 0 Å². The molecule has 20 heavy (non-hydrogen) atoms. The van der Waals surface area contributed by atoms with E-state index in [2.05, 4.69) is 33.2 Å². The summed E-state index contributed by atoms with van der Waals surface area (Å²) in [6.07, 6.45) is 0. The second-order valence-electron chi connectivity index (χ2n) is 5.90. The summed E-state index contributed by atoms with van der Waals surface area (Å²) in [5.41, 5.74) is 1.40. The van der Waals surface area contributed by atoms with Crippen molar-refractivity contribution in [3.05, 3.63) is 27.3 Å². The van der Waals surface area contributed by atoms with Crippen LogP contribution < -0.4 is 10.6 Å². The Labute approximate surface area is 133 Å². The molecule has 1 atom stereocenters. The maximum Gasteiger partial charge on any atom is 0.246 e. The number of hydrogen-bond acceptors (Lipinski definition) is 2. The van der Waals surface area contributed by atoms with Crippen LogP contribution in [-0.2, 0) is 9.59 Å². The molecule has 110 valence electrons. The first-order chi connectivity index (χ1) is 9.11. The quantitative estimate of drug-likeness (QED) is 0.782. The first kappa shape index (κ1) is 16.9. The van der Waals surface area contributed by atoms with Crippen LogP contribution in [0.2, 0.25) is 0 Å². The Hall–Kier alpha value is -1.11. The van der Waals surface area contributed by atoms with Gasteiger partial charge in [-0.3, -0.25) is 9.59 Å². The second-order valence-corrected chi connectivity index (χ2v) is 7.06. The largest absolute Gasteiger partial charge is 0.344 e. The highest BCUT2D eigenvalue weighted by molar-refractivity contribution is 14.1. The Morgan fingerprint density at radius 2 is 1.85 bits per heavy atom. The van der Waals surface area contributed by atoms with Crippen LogP contribution in [0.1, 0.15) is 33.3 Å². The van der Waals surface area contributed by atoms with Gasteiger partial charge < -0.3 is 10.6 Å². The summed E-state index contributed by atoms with van der Waals surface area (Å²) in [5.74, 6) is -0.360. The molecule has 1 aromatic rings. The molecule has 0 aliphatic heterocycles. The predicted molar refractivity (Wildman–Crippen MR) is 89.6 cm³/mol. The van der Waals surface area contributed by atoms with E-state index in [1.54, 1.807) is 6.92 Å². The van der Waals surface area contributed by atoms with Crippen LogP contribution in [0.15, 0.2) is 18.2 Å². The minimum Gasteiger partial charge on any atom is -0.344 e. The molecule has 1 rings (SSSR count). The number of amides is 2. The zero-order valence-electron chi connectivity index (χ0n) is 12.5. The molecule has 0 fully saturated rings. The molecular weight excluding hydrogens is 367 g/mol. The van der Waals surface area contributed by atoms with Gasteiger partial charge in [-0.15, -0.1) is 0 Å². The third kappa shape index (κ3) is 4.77. The van der Waals surface area contributed by atoms with Gasteiger partial charge in [-0.1, -0.05) is 26.8 Å². The lowest BCUT2D eigenvalue weighted by atomic mass is 9.95. The number of carbonyl (C=O) groups excluding carboxylic acids is 2. The highest BCUT2D eigenvalue weighted by Gasteiger charge is 2.25. The summed E-state index contributed by atoms with van der Waals surface area (Å²) in [6, 6.07) is 5.15. The standard InChI is InChI=1S/C15H21IN2O2/c1-9-6-7-11(8-12(9)16)18-13(19)10(2)17-14(20)15(3,4)5/h6-8,10H,1-5H3,(H,17,20)(H,18,19)/t10-/m1/s1. The topological polar surface area (TPSA) is 58.2 Å². The molecule has 0 aliphatic rings. The fraction of sp³-hybridized carbons (Fsp3) is 0.467. The molecule has 0 radical (unpaired) electrons. The molecule has 0 aromatic heterocycles. The maximum atomic E-state index is 12.0. The lowest BCUT2D eigenvalue weighted by Gasteiger charge is -2.21. The van der Waals surface area contributed by atoms with Crippen molar-refractivity contribution in [3.63, 3.8) is 0 Å². The number of rotatable bonds is 3. The molecule has 0 saturated heterocycles. The number of anilines is 1. The van der Waals surface area contributed by atoms with E-state index in [4.69, 9.17) is 0 Å². The van der Waals surface area contributed by atoms with Gasteiger partial charge >= 0.3 is 0 Å². The number of carbonyl (C=O) groups is 2. The van der Waals surface area contributed by atoms with Gasteiger partial charge in [-0.25, -0.2) is 0 Å². The SMILES string of the molecule is Cc1ccc(NC(=O)[C@@H](C)NC(=O)C(C)(C)C)cc1I. The molecule has 0 saturated carbocycles. The van der Waals surface area contributed by atoms with Crippen molar-refractivity contribution >= 4 is 40.1 Å². The molecule has 2 N–H and O–H groups in total. The normalized spacial score (nSPS) is 12.7. The molecule has 2 amide bonds. The van der Waals surface area contributed by atoms with Crippen molar-refractivity contribution in [3.8, 4) is 0 Å². The maximum absolute atomic E-state index is 12.0. The fourth-order valence-corrected chi connectivity index (χ4v) is 1.92. The van der Waals surface area contributed by atoms with Crippen molar-refractivity contribution < 1.29 is 9.59 Å². The molecule has 5 heteroatoms. The van der Waals surface area contributed by atoms with E-state index in [0.717, 1.165) is 14.8 Å². The monoisotopic (exact) mass is 388 g/mol. The number of halogens is 1. The third-order valence-corrected chi connectivity index (χ3v) is 4.02. The highest BCUT2D eigenvalue weighted by Crippen LogP contribution is 2.17. The highest BCUT2D eigenvalue weighted by atomic mass is 127. The van der Waals surface area contributed by atoms with Gasteiger partial charge in [0.25, 0.3) is 0 Å². The van der Waals surface area contributed by atoms with E-state index < -0.39 is 11.5 Å². The summed E-state index contributed by atoms with van der Waals surface area (Å²) in [4.78, 5) is 23.9. The van der Waals surface area contributed by atoms with Gasteiger partial charge in [0.05, 0.1) is 0 Å². The van der Waals surface area contributed by atoms with Gasteiger partial charge in [0, 0.05) is 14.7 Å². The molecule has 0 spiro atoms. The average Bonchev–Trinajstić information content (AvgIpc) is 2.32. The van der Waals surface area contributed by atoms with Crippen LogP contribution in [0.3, 0.4) is 0 Å². The number of nitrogens with one attached hydrogen (secondary N) is 2. The van der Waals surface area contributed by atoms with Gasteiger partial charge in [0.15, 0.2) is 0 Å². The molecule has 1 aromatic carbocycles. The van der Waals surface area contributed by atoms with Gasteiger partial charge in [0.1, 0.15) is 6.04 Å². The van der Waals surface area contributed by atoms with Crippen LogP contribution in [0.5, 0.6) is 0 Å². The smallest absolute Gasteiger partial charge is 0.246 e. The number of hydrogen-bond donors (Lipinski definition) is 2. The third-order valence-electron chi connectivity index (χ3n) is 2.86. The van der Waals surface area contributed by atoms with Crippen LogP contribution >= 0.6 is 22.6 Å². The van der Waals surface area contributed by atoms with Crippen LogP contribution in [0.25, 0.3) is 0 Å². The molecular formula is C15H21IN2O2. The van der Waals surface area contributed by atoms with Crippen molar-refractivity contribution in [1.82, 2.24) is 5.32 Å². The molecule has 0 unspecified atom stereocenters. The van der Waals surface area contributed by atoms with Crippen LogP contribution in [0.4, 0.5) is 5.69 Å². The van der Waals surface area contributed by atoms with Gasteiger partial charge in [-0.2, -0.15) is 0 Å². The summed E-state index contributed by atoms with van der Waals surface area (Å²) < 4.78 is 1.09. The Bertz CT molecular complexity index is 521. The van der Waals surface area contributed by atoms with E-state index in [1.807, 2.05) is 45.9 Å². The van der Waals surface area contributed by atoms with E-state index in [-0.39, 0.29) is 11.8 Å². The molecule has 0 heterocycles. The van der Waals surface area contributed by atoms with Crippen molar-refractivity contribution in [2.24, 2.45) is 5.41 Å². The van der Waals surface area contributed by atoms with E-state index >= 15 is 0 Å². The lowest BCUT2D eigenvalue weighted by Crippen LogP contribution is -2.46. The Balaban J connectivity index is 2.66. The van der Waals surface area contributed by atoms with E-state index in [0.29, 0.717) is 0 Å². The van der Waals surface area contributed by atoms with E-state index in [9.17, 15) is 9.59 Å². The Morgan fingerprint density at radius 1 is 1.25 bits per heavy atom. The zero-order chi connectivity index (χ0) is 15.5. The number of benzene rings is 1. The average molecular weight is 388 g/mol.